The van der Waals surface area contributed by atoms with Crippen LogP contribution in [-0.2, 0) is 9.59 Å². The lowest BCUT2D eigenvalue weighted by molar-refractivity contribution is -0.132. The van der Waals surface area contributed by atoms with Crippen LogP contribution in [0.2, 0.25) is 0 Å². The van der Waals surface area contributed by atoms with Gasteiger partial charge in [0.05, 0.1) is 24.1 Å². The number of hydrogen-bond acceptors (Lipinski definition) is 5. The number of Topliss-reactive ketones (excluding diaryl/α,β-unsaturated/α-hetero) is 1. The molecule has 1 aliphatic heterocycles. The van der Waals surface area contributed by atoms with Gasteiger partial charge in [0.1, 0.15) is 29.2 Å². The quantitative estimate of drug-likeness (QED) is 0.357. The van der Waals surface area contributed by atoms with E-state index < -0.39 is 35.1 Å². The fourth-order valence-electron chi connectivity index (χ4n) is 3.98. The first kappa shape index (κ1) is 22.1. The van der Waals surface area contributed by atoms with E-state index in [0.717, 1.165) is 17.0 Å². The number of aliphatic hydroxyl groups excluding tert-OH is 1. The number of benzene rings is 2. The molecule has 1 saturated heterocycles. The van der Waals surface area contributed by atoms with Crippen molar-refractivity contribution in [2.45, 2.75) is 19.9 Å². The number of hydrogen-bond donors (Lipinski definition) is 1. The average Bonchev–Trinajstić information content (AvgIpc) is 3.06. The molecule has 8 heteroatoms. The van der Waals surface area contributed by atoms with Crippen molar-refractivity contribution in [2.24, 2.45) is 0 Å². The summed E-state index contributed by atoms with van der Waals surface area (Å²) in [6.07, 6.45) is 1.46. The monoisotopic (exact) mass is 450 g/mol. The van der Waals surface area contributed by atoms with E-state index in [9.17, 15) is 23.5 Å². The number of amides is 1. The van der Waals surface area contributed by atoms with Crippen molar-refractivity contribution in [1.82, 2.24) is 4.98 Å². The van der Waals surface area contributed by atoms with Crippen molar-refractivity contribution in [2.75, 3.05) is 12.0 Å². The number of carbonyl (C=O) groups excluding carboxylic acids is 2. The lowest BCUT2D eigenvalue weighted by Gasteiger charge is -2.25. The molecule has 1 unspecified atom stereocenters. The Bertz CT molecular complexity index is 1310. The number of carbonyl (C=O) groups is 2. The Balaban J connectivity index is 1.98. The van der Waals surface area contributed by atoms with Gasteiger partial charge >= 0.3 is 0 Å². The molecule has 1 atom stereocenters. The van der Waals surface area contributed by atoms with Gasteiger partial charge < -0.3 is 9.84 Å². The third-order valence-corrected chi connectivity index (χ3v) is 5.58. The van der Waals surface area contributed by atoms with E-state index in [2.05, 4.69) is 4.98 Å². The van der Waals surface area contributed by atoms with Crippen LogP contribution in [-0.4, -0.2) is 28.9 Å². The molecule has 168 valence electrons. The average molecular weight is 450 g/mol. The number of aliphatic hydroxyl groups is 1. The van der Waals surface area contributed by atoms with E-state index in [-0.39, 0.29) is 17.0 Å². The van der Waals surface area contributed by atoms with Crippen LogP contribution in [0.15, 0.2) is 60.3 Å². The highest BCUT2D eigenvalue weighted by Gasteiger charge is 2.48. The number of nitrogens with zero attached hydrogens (tertiary/aromatic N) is 2. The second-order valence-electron chi connectivity index (χ2n) is 7.66. The standard InChI is InChI=1S/C25H20F2N2O4/c1-13-11-20(33-3)14(2)10-16(13)23(30)21-22(18-6-4-5-9-28-18)29(25(32)24(21)31)19-8-7-15(26)12-17(19)27/h4-12,22,30H,1-3H3/b23-21+. The van der Waals surface area contributed by atoms with E-state index in [1.807, 2.05) is 0 Å². The number of ether oxygens (including phenoxy) is 1. The lowest BCUT2D eigenvalue weighted by Crippen LogP contribution is -2.30. The van der Waals surface area contributed by atoms with Gasteiger partial charge in [0, 0.05) is 17.8 Å². The molecule has 1 aliphatic rings. The maximum atomic E-state index is 14.7. The van der Waals surface area contributed by atoms with Crippen LogP contribution in [0.3, 0.4) is 0 Å². The highest BCUT2D eigenvalue weighted by molar-refractivity contribution is 6.51. The molecule has 3 aromatic rings. The molecule has 0 spiro atoms. The molecule has 0 radical (unpaired) electrons. The summed E-state index contributed by atoms with van der Waals surface area (Å²) in [5.74, 6) is -3.72. The highest BCUT2D eigenvalue weighted by atomic mass is 19.1. The maximum absolute atomic E-state index is 14.7. The summed E-state index contributed by atoms with van der Waals surface area (Å²) in [5, 5.41) is 11.2. The lowest BCUT2D eigenvalue weighted by atomic mass is 9.95. The number of rotatable bonds is 4. The normalized spacial score (nSPS) is 17.5. The van der Waals surface area contributed by atoms with E-state index >= 15 is 0 Å². The zero-order valence-corrected chi connectivity index (χ0v) is 18.1. The second-order valence-corrected chi connectivity index (χ2v) is 7.66. The summed E-state index contributed by atoms with van der Waals surface area (Å²) >= 11 is 0. The third-order valence-electron chi connectivity index (χ3n) is 5.58. The van der Waals surface area contributed by atoms with Crippen LogP contribution in [0.4, 0.5) is 14.5 Å². The van der Waals surface area contributed by atoms with Crippen LogP contribution in [0.25, 0.3) is 5.76 Å². The van der Waals surface area contributed by atoms with Crippen molar-refractivity contribution in [1.29, 1.82) is 0 Å². The Labute approximate surface area is 188 Å². The molecule has 33 heavy (non-hydrogen) atoms. The molecule has 0 saturated carbocycles. The molecular formula is C25H20F2N2O4. The molecule has 1 aromatic heterocycles. The highest BCUT2D eigenvalue weighted by Crippen LogP contribution is 2.43. The number of anilines is 1. The van der Waals surface area contributed by atoms with Gasteiger partial charge in [-0.3, -0.25) is 19.5 Å². The second kappa shape index (κ2) is 8.46. The minimum Gasteiger partial charge on any atom is -0.507 e. The number of ketones is 1. The zero-order valence-electron chi connectivity index (χ0n) is 18.1. The van der Waals surface area contributed by atoms with Gasteiger partial charge in [0.2, 0.25) is 0 Å². The van der Waals surface area contributed by atoms with Gasteiger partial charge in [-0.2, -0.15) is 0 Å². The first-order valence-electron chi connectivity index (χ1n) is 10.1. The summed E-state index contributed by atoms with van der Waals surface area (Å²) < 4.78 is 33.5. The number of halogens is 2. The van der Waals surface area contributed by atoms with E-state index in [4.69, 9.17) is 4.74 Å². The summed E-state index contributed by atoms with van der Waals surface area (Å²) in [5.41, 5.74) is 1.34. The zero-order chi connectivity index (χ0) is 23.9. The van der Waals surface area contributed by atoms with Crippen LogP contribution in [0.5, 0.6) is 5.75 Å². The van der Waals surface area contributed by atoms with Crippen LogP contribution >= 0.6 is 0 Å². The van der Waals surface area contributed by atoms with Crippen molar-refractivity contribution in [3.05, 3.63) is 94.3 Å². The summed E-state index contributed by atoms with van der Waals surface area (Å²) in [4.78, 5) is 31.3. The molecule has 0 aliphatic carbocycles. The predicted octanol–water partition coefficient (Wildman–Crippen LogP) is 4.61. The van der Waals surface area contributed by atoms with Gasteiger partial charge in [0.15, 0.2) is 0 Å². The number of pyridine rings is 1. The molecule has 6 nitrogen and oxygen atoms in total. The Morgan fingerprint density at radius 2 is 1.82 bits per heavy atom. The molecule has 1 fully saturated rings. The van der Waals surface area contributed by atoms with Crippen molar-refractivity contribution < 1.29 is 28.2 Å². The van der Waals surface area contributed by atoms with E-state index in [1.165, 1.54) is 13.3 Å². The molecular weight excluding hydrogens is 430 g/mol. The first-order chi connectivity index (χ1) is 15.7. The minimum absolute atomic E-state index is 0.241. The van der Waals surface area contributed by atoms with Gasteiger partial charge in [-0.1, -0.05) is 6.07 Å². The smallest absolute Gasteiger partial charge is 0.300 e. The summed E-state index contributed by atoms with van der Waals surface area (Å²) in [6.45, 7) is 3.50. The van der Waals surface area contributed by atoms with E-state index in [0.29, 0.717) is 28.5 Å². The molecule has 4 rings (SSSR count). The molecule has 2 aromatic carbocycles. The fraction of sp³-hybridized carbons (Fsp3) is 0.160. The Morgan fingerprint density at radius 3 is 2.45 bits per heavy atom. The molecule has 1 N–H and O–H groups in total. The van der Waals surface area contributed by atoms with Crippen molar-refractivity contribution >= 4 is 23.1 Å². The Morgan fingerprint density at radius 1 is 1.06 bits per heavy atom. The molecule has 2 heterocycles. The third kappa shape index (κ3) is 3.73. The number of aromatic nitrogens is 1. The van der Waals surface area contributed by atoms with Gasteiger partial charge in [-0.15, -0.1) is 0 Å². The Hall–Kier alpha value is -4.07. The van der Waals surface area contributed by atoms with Crippen LogP contribution in [0, 0.1) is 25.5 Å². The van der Waals surface area contributed by atoms with Gasteiger partial charge in [0.25, 0.3) is 11.7 Å². The SMILES string of the molecule is COc1cc(C)c(/C(O)=C2\C(=O)C(=O)N(c3ccc(F)cc3F)C2c2ccccn2)cc1C. The van der Waals surface area contributed by atoms with Gasteiger partial charge in [-0.25, -0.2) is 8.78 Å². The topological polar surface area (TPSA) is 79.7 Å². The summed E-state index contributed by atoms with van der Waals surface area (Å²) in [7, 11) is 1.52. The van der Waals surface area contributed by atoms with Crippen molar-refractivity contribution in [3.8, 4) is 5.75 Å². The molecule has 1 amide bonds. The first-order valence-corrected chi connectivity index (χ1v) is 10.1. The Kier molecular flexibility index (Phi) is 5.68. The largest absolute Gasteiger partial charge is 0.507 e. The number of methoxy groups -OCH3 is 1. The molecule has 0 bridgehead atoms. The summed E-state index contributed by atoms with van der Waals surface area (Å²) in [6, 6.07) is 9.68. The minimum atomic E-state index is -1.21. The predicted molar refractivity (Wildman–Crippen MR) is 118 cm³/mol. The fourth-order valence-corrected chi connectivity index (χ4v) is 3.98. The number of aryl methyl sites for hydroxylation is 2. The van der Waals surface area contributed by atoms with Crippen LogP contribution < -0.4 is 9.64 Å². The van der Waals surface area contributed by atoms with Crippen LogP contribution in [0.1, 0.15) is 28.4 Å². The maximum Gasteiger partial charge on any atom is 0.300 e. The van der Waals surface area contributed by atoms with Crippen molar-refractivity contribution in [3.63, 3.8) is 0 Å². The van der Waals surface area contributed by atoms with Gasteiger partial charge in [-0.05, 0) is 61.4 Å². The van der Waals surface area contributed by atoms with E-state index in [1.54, 1.807) is 44.2 Å².